The summed E-state index contributed by atoms with van der Waals surface area (Å²) in [6.07, 6.45) is 4.47. The predicted octanol–water partition coefficient (Wildman–Crippen LogP) is 2.04. The van der Waals surface area contributed by atoms with Gasteiger partial charge in [-0.2, -0.15) is 5.26 Å². The van der Waals surface area contributed by atoms with Crippen molar-refractivity contribution in [1.82, 2.24) is 9.97 Å². The molecule has 1 aromatic carbocycles. The average molecular weight is 265 g/mol. The Morgan fingerprint density at radius 3 is 2.80 bits per heavy atom. The van der Waals surface area contributed by atoms with Gasteiger partial charge in [-0.1, -0.05) is 12.1 Å². The van der Waals surface area contributed by atoms with Crippen LogP contribution < -0.4 is 10.2 Å². The second-order valence-corrected chi connectivity index (χ2v) is 4.78. The number of nitrogens with one attached hydrogen (secondary N) is 1. The Labute approximate surface area is 117 Å². The lowest BCUT2D eigenvalue weighted by Crippen LogP contribution is -2.27. The van der Waals surface area contributed by atoms with Gasteiger partial charge >= 0.3 is 0 Å². The van der Waals surface area contributed by atoms with Crippen molar-refractivity contribution < 1.29 is 0 Å². The Balaban J connectivity index is 1.69. The molecule has 0 saturated carbocycles. The molecule has 1 unspecified atom stereocenters. The summed E-state index contributed by atoms with van der Waals surface area (Å²) in [6.45, 7) is 1.79. The van der Waals surface area contributed by atoms with Gasteiger partial charge in [0.05, 0.1) is 11.3 Å². The first-order chi connectivity index (χ1) is 9.86. The maximum Gasteiger partial charge on any atom is 0.222 e. The molecule has 0 spiro atoms. The lowest BCUT2D eigenvalue weighted by Gasteiger charge is -2.20. The summed E-state index contributed by atoms with van der Waals surface area (Å²) in [5.74, 6) is 0.660. The van der Waals surface area contributed by atoms with Gasteiger partial charge in [0.1, 0.15) is 6.07 Å². The van der Waals surface area contributed by atoms with Crippen molar-refractivity contribution >= 4 is 11.6 Å². The van der Waals surface area contributed by atoms with Gasteiger partial charge in [0.25, 0.3) is 0 Å². The fourth-order valence-corrected chi connectivity index (χ4v) is 2.50. The van der Waals surface area contributed by atoms with Gasteiger partial charge in [-0.05, 0) is 24.6 Å². The molecular formula is C15H15N5. The zero-order valence-corrected chi connectivity index (χ0v) is 11.0. The molecule has 2 aromatic rings. The van der Waals surface area contributed by atoms with Crippen LogP contribution in [0.4, 0.5) is 11.6 Å². The standard InChI is InChI=1S/C15H15N5/c16-10-12-4-1-2-5-14(12)20-9-6-13(11-20)19-15-17-7-3-8-18-15/h1-5,7-8,13H,6,9,11H2,(H,17,18,19). The number of para-hydroxylation sites is 1. The van der Waals surface area contributed by atoms with Crippen LogP contribution in [0.15, 0.2) is 42.7 Å². The van der Waals surface area contributed by atoms with E-state index < -0.39 is 0 Å². The molecule has 0 aliphatic carbocycles. The van der Waals surface area contributed by atoms with Crippen molar-refractivity contribution in [2.24, 2.45) is 0 Å². The number of benzene rings is 1. The molecule has 1 saturated heterocycles. The highest BCUT2D eigenvalue weighted by atomic mass is 15.2. The molecule has 1 fully saturated rings. The Hall–Kier alpha value is -2.61. The van der Waals surface area contributed by atoms with Crippen LogP contribution >= 0.6 is 0 Å². The molecule has 100 valence electrons. The molecular weight excluding hydrogens is 250 g/mol. The van der Waals surface area contributed by atoms with E-state index in [1.54, 1.807) is 18.5 Å². The molecule has 1 N–H and O–H groups in total. The zero-order chi connectivity index (χ0) is 13.8. The number of rotatable bonds is 3. The van der Waals surface area contributed by atoms with Crippen molar-refractivity contribution in [1.29, 1.82) is 5.26 Å². The van der Waals surface area contributed by atoms with Gasteiger partial charge in [0, 0.05) is 31.5 Å². The highest BCUT2D eigenvalue weighted by Crippen LogP contribution is 2.24. The van der Waals surface area contributed by atoms with E-state index in [0.29, 0.717) is 12.0 Å². The van der Waals surface area contributed by atoms with E-state index in [-0.39, 0.29) is 0 Å². The first-order valence-corrected chi connectivity index (χ1v) is 6.64. The summed E-state index contributed by atoms with van der Waals surface area (Å²) in [7, 11) is 0. The van der Waals surface area contributed by atoms with E-state index in [2.05, 4.69) is 26.3 Å². The number of anilines is 2. The molecule has 1 atom stereocenters. The van der Waals surface area contributed by atoms with Crippen LogP contribution in [0, 0.1) is 11.3 Å². The fourth-order valence-electron chi connectivity index (χ4n) is 2.50. The second-order valence-electron chi connectivity index (χ2n) is 4.78. The van der Waals surface area contributed by atoms with Gasteiger partial charge in [-0.15, -0.1) is 0 Å². The van der Waals surface area contributed by atoms with Crippen LogP contribution in [-0.2, 0) is 0 Å². The van der Waals surface area contributed by atoms with Gasteiger partial charge in [0.15, 0.2) is 0 Å². The first-order valence-electron chi connectivity index (χ1n) is 6.64. The predicted molar refractivity (Wildman–Crippen MR) is 77.4 cm³/mol. The third kappa shape index (κ3) is 2.54. The summed E-state index contributed by atoms with van der Waals surface area (Å²) >= 11 is 0. The van der Waals surface area contributed by atoms with Crippen molar-refractivity contribution in [3.63, 3.8) is 0 Å². The summed E-state index contributed by atoms with van der Waals surface area (Å²) in [5.41, 5.74) is 1.73. The van der Waals surface area contributed by atoms with Crippen LogP contribution in [0.3, 0.4) is 0 Å². The molecule has 1 aromatic heterocycles. The SMILES string of the molecule is N#Cc1ccccc1N1CCC(Nc2ncccn2)C1. The van der Waals surface area contributed by atoms with Crippen LogP contribution in [0.25, 0.3) is 0 Å². The summed E-state index contributed by atoms with van der Waals surface area (Å²) in [6, 6.07) is 12.1. The van der Waals surface area contributed by atoms with Crippen LogP contribution in [-0.4, -0.2) is 29.1 Å². The van der Waals surface area contributed by atoms with E-state index in [0.717, 1.165) is 30.8 Å². The topological polar surface area (TPSA) is 64.8 Å². The molecule has 0 radical (unpaired) electrons. The highest BCUT2D eigenvalue weighted by molar-refractivity contribution is 5.60. The number of nitriles is 1. The molecule has 3 rings (SSSR count). The summed E-state index contributed by atoms with van der Waals surface area (Å²) in [4.78, 5) is 10.6. The summed E-state index contributed by atoms with van der Waals surface area (Å²) < 4.78 is 0. The lowest BCUT2D eigenvalue weighted by molar-refractivity contribution is 0.792. The maximum atomic E-state index is 9.17. The Bertz CT molecular complexity index is 620. The molecule has 5 heteroatoms. The van der Waals surface area contributed by atoms with Gasteiger partial charge < -0.3 is 10.2 Å². The van der Waals surface area contributed by atoms with E-state index in [9.17, 15) is 0 Å². The van der Waals surface area contributed by atoms with E-state index >= 15 is 0 Å². The minimum atomic E-state index is 0.309. The third-order valence-electron chi connectivity index (χ3n) is 3.45. The molecule has 2 heterocycles. The van der Waals surface area contributed by atoms with Gasteiger partial charge in [0.2, 0.25) is 5.95 Å². The second kappa shape index (κ2) is 5.57. The number of hydrogen-bond donors (Lipinski definition) is 1. The Morgan fingerprint density at radius 1 is 1.20 bits per heavy atom. The van der Waals surface area contributed by atoms with Gasteiger partial charge in [-0.25, -0.2) is 9.97 Å². The van der Waals surface area contributed by atoms with Crippen LogP contribution in [0.1, 0.15) is 12.0 Å². The molecule has 5 nitrogen and oxygen atoms in total. The van der Waals surface area contributed by atoms with Crippen molar-refractivity contribution in [3.8, 4) is 6.07 Å². The fraction of sp³-hybridized carbons (Fsp3) is 0.267. The van der Waals surface area contributed by atoms with E-state index in [1.807, 2.05) is 24.3 Å². The number of hydrogen-bond acceptors (Lipinski definition) is 5. The molecule has 20 heavy (non-hydrogen) atoms. The Kier molecular flexibility index (Phi) is 3.46. The summed E-state index contributed by atoms with van der Waals surface area (Å²) in [5, 5.41) is 12.5. The molecule has 1 aliphatic heterocycles. The highest BCUT2D eigenvalue weighted by Gasteiger charge is 2.24. The smallest absolute Gasteiger partial charge is 0.222 e. The molecule has 0 bridgehead atoms. The molecule has 1 aliphatic rings. The monoisotopic (exact) mass is 265 g/mol. The normalized spacial score (nSPS) is 17.8. The number of aromatic nitrogens is 2. The van der Waals surface area contributed by atoms with Crippen molar-refractivity contribution in [3.05, 3.63) is 48.3 Å². The largest absolute Gasteiger partial charge is 0.368 e. The lowest BCUT2D eigenvalue weighted by atomic mass is 10.2. The average Bonchev–Trinajstić information content (AvgIpc) is 2.96. The third-order valence-corrected chi connectivity index (χ3v) is 3.45. The number of nitrogens with zero attached hydrogens (tertiary/aromatic N) is 4. The van der Waals surface area contributed by atoms with E-state index in [4.69, 9.17) is 5.26 Å². The maximum absolute atomic E-state index is 9.17. The van der Waals surface area contributed by atoms with E-state index in [1.165, 1.54) is 0 Å². The minimum absolute atomic E-state index is 0.309. The van der Waals surface area contributed by atoms with Crippen molar-refractivity contribution in [2.75, 3.05) is 23.3 Å². The van der Waals surface area contributed by atoms with Crippen LogP contribution in [0.5, 0.6) is 0 Å². The van der Waals surface area contributed by atoms with Crippen LogP contribution in [0.2, 0.25) is 0 Å². The minimum Gasteiger partial charge on any atom is -0.368 e. The quantitative estimate of drug-likeness (QED) is 0.920. The van der Waals surface area contributed by atoms with Crippen molar-refractivity contribution in [2.45, 2.75) is 12.5 Å². The van der Waals surface area contributed by atoms with Gasteiger partial charge in [-0.3, -0.25) is 0 Å². The zero-order valence-electron chi connectivity index (χ0n) is 11.0. The Morgan fingerprint density at radius 2 is 2.00 bits per heavy atom. The molecule has 0 amide bonds. The first kappa shape index (κ1) is 12.4.